The zero-order valence-corrected chi connectivity index (χ0v) is 14.6. The van der Waals surface area contributed by atoms with Crippen molar-refractivity contribution in [1.82, 2.24) is 15.1 Å². The predicted octanol–water partition coefficient (Wildman–Crippen LogP) is 2.00. The molecule has 2 N–H and O–H groups in total. The van der Waals surface area contributed by atoms with Gasteiger partial charge in [0.25, 0.3) is 11.1 Å². The van der Waals surface area contributed by atoms with Crippen molar-refractivity contribution in [2.45, 2.75) is 25.8 Å². The lowest BCUT2D eigenvalue weighted by Gasteiger charge is -2.13. The molecule has 1 aromatic heterocycles. The zero-order valence-electron chi connectivity index (χ0n) is 14.6. The molecule has 1 amide bonds. The van der Waals surface area contributed by atoms with Gasteiger partial charge < -0.3 is 5.32 Å². The first-order valence-corrected chi connectivity index (χ1v) is 8.60. The fourth-order valence-corrected chi connectivity index (χ4v) is 2.87. The maximum atomic E-state index is 12.4. The molecule has 0 aliphatic rings. The van der Waals surface area contributed by atoms with E-state index in [1.807, 2.05) is 37.3 Å². The van der Waals surface area contributed by atoms with E-state index >= 15 is 0 Å². The number of carbonyl (C=O) groups is 1. The van der Waals surface area contributed by atoms with E-state index in [9.17, 15) is 14.4 Å². The average Bonchev–Trinajstić information content (AvgIpc) is 2.68. The van der Waals surface area contributed by atoms with E-state index in [0.29, 0.717) is 17.3 Å². The molecule has 0 spiro atoms. The molecule has 1 heterocycles. The number of aromatic amines is 1. The standard InChI is InChI=1S/C20H21N3O3/c1-14(15-7-3-2-4-8-15)13-21-18(24)11-12-23-20(26)17-10-6-5-9-16(17)19(25)22-23/h2-10,14H,11-13H2,1H3,(H,21,24)(H,22,25). The van der Waals surface area contributed by atoms with Crippen molar-refractivity contribution < 1.29 is 4.79 Å². The molecular weight excluding hydrogens is 330 g/mol. The van der Waals surface area contributed by atoms with Crippen LogP contribution in [0.15, 0.2) is 64.2 Å². The van der Waals surface area contributed by atoms with Gasteiger partial charge in [-0.3, -0.25) is 19.5 Å². The molecule has 0 aliphatic carbocycles. The van der Waals surface area contributed by atoms with Gasteiger partial charge in [-0.1, -0.05) is 49.4 Å². The van der Waals surface area contributed by atoms with Crippen LogP contribution in [-0.2, 0) is 11.3 Å². The Labute approximate surface area is 150 Å². The number of benzene rings is 2. The van der Waals surface area contributed by atoms with Crippen LogP contribution in [0.1, 0.15) is 24.8 Å². The number of nitrogens with zero attached hydrogens (tertiary/aromatic N) is 1. The Balaban J connectivity index is 1.61. The van der Waals surface area contributed by atoms with Gasteiger partial charge in [0.15, 0.2) is 0 Å². The third-order valence-electron chi connectivity index (χ3n) is 4.42. The molecule has 2 aromatic carbocycles. The molecule has 0 bridgehead atoms. The van der Waals surface area contributed by atoms with Crippen LogP contribution in [0, 0.1) is 0 Å². The molecule has 0 saturated carbocycles. The first-order chi connectivity index (χ1) is 12.6. The van der Waals surface area contributed by atoms with Crippen LogP contribution in [0.4, 0.5) is 0 Å². The first kappa shape index (κ1) is 17.7. The van der Waals surface area contributed by atoms with Crippen LogP contribution in [-0.4, -0.2) is 22.2 Å². The summed E-state index contributed by atoms with van der Waals surface area (Å²) in [5.74, 6) is 0.0389. The Morgan fingerprint density at radius 3 is 2.42 bits per heavy atom. The summed E-state index contributed by atoms with van der Waals surface area (Å²) in [5.41, 5.74) is 0.520. The number of aromatic nitrogens is 2. The Kier molecular flexibility index (Phi) is 5.31. The number of amides is 1. The van der Waals surface area contributed by atoms with Crippen LogP contribution < -0.4 is 16.4 Å². The summed E-state index contributed by atoms with van der Waals surface area (Å²) in [6, 6.07) is 16.6. The molecule has 134 valence electrons. The summed E-state index contributed by atoms with van der Waals surface area (Å²) in [6.45, 7) is 2.69. The number of rotatable bonds is 6. The predicted molar refractivity (Wildman–Crippen MR) is 101 cm³/mol. The SMILES string of the molecule is CC(CNC(=O)CCn1[nH]c(=O)c2ccccc2c1=O)c1ccccc1. The van der Waals surface area contributed by atoms with Crippen molar-refractivity contribution in [3.63, 3.8) is 0 Å². The highest BCUT2D eigenvalue weighted by atomic mass is 16.2. The molecule has 0 saturated heterocycles. The second-order valence-electron chi connectivity index (χ2n) is 6.31. The number of aryl methyl sites for hydroxylation is 1. The van der Waals surface area contributed by atoms with Crippen LogP contribution in [0.5, 0.6) is 0 Å². The number of H-pyrrole nitrogens is 1. The van der Waals surface area contributed by atoms with Crippen LogP contribution >= 0.6 is 0 Å². The lowest BCUT2D eigenvalue weighted by Crippen LogP contribution is -2.33. The minimum Gasteiger partial charge on any atom is -0.355 e. The maximum Gasteiger partial charge on any atom is 0.273 e. The minimum atomic E-state index is -0.335. The van der Waals surface area contributed by atoms with Crippen LogP contribution in [0.3, 0.4) is 0 Å². The molecule has 1 unspecified atom stereocenters. The highest BCUT2D eigenvalue weighted by Crippen LogP contribution is 2.13. The van der Waals surface area contributed by atoms with Gasteiger partial charge in [-0.2, -0.15) is 0 Å². The monoisotopic (exact) mass is 351 g/mol. The third-order valence-corrected chi connectivity index (χ3v) is 4.42. The number of fused-ring (bicyclic) bond motifs is 1. The van der Waals surface area contributed by atoms with Gasteiger partial charge in [0, 0.05) is 13.0 Å². The van der Waals surface area contributed by atoms with Gasteiger partial charge in [-0.05, 0) is 23.6 Å². The zero-order chi connectivity index (χ0) is 18.5. The lowest BCUT2D eigenvalue weighted by atomic mass is 10.0. The van der Waals surface area contributed by atoms with Crippen molar-refractivity contribution >= 4 is 16.7 Å². The molecule has 1 atom stereocenters. The van der Waals surface area contributed by atoms with Crippen molar-refractivity contribution in [2.24, 2.45) is 0 Å². The molecule has 3 aromatic rings. The first-order valence-electron chi connectivity index (χ1n) is 8.60. The summed E-state index contributed by atoms with van der Waals surface area (Å²) < 4.78 is 1.20. The van der Waals surface area contributed by atoms with Gasteiger partial charge in [0.1, 0.15) is 0 Å². The fourth-order valence-electron chi connectivity index (χ4n) is 2.87. The lowest BCUT2D eigenvalue weighted by molar-refractivity contribution is -0.121. The summed E-state index contributed by atoms with van der Waals surface area (Å²) in [4.78, 5) is 36.6. The molecule has 6 nitrogen and oxygen atoms in total. The Morgan fingerprint density at radius 2 is 1.69 bits per heavy atom. The highest BCUT2D eigenvalue weighted by Gasteiger charge is 2.10. The van der Waals surface area contributed by atoms with Gasteiger partial charge in [-0.25, -0.2) is 4.68 Å². The van der Waals surface area contributed by atoms with E-state index in [2.05, 4.69) is 10.4 Å². The van der Waals surface area contributed by atoms with E-state index in [4.69, 9.17) is 0 Å². The summed E-state index contributed by atoms with van der Waals surface area (Å²) in [6.07, 6.45) is 0.121. The topological polar surface area (TPSA) is 84.0 Å². The number of hydrogen-bond acceptors (Lipinski definition) is 3. The smallest absolute Gasteiger partial charge is 0.273 e. The minimum absolute atomic E-state index is 0.121. The second kappa shape index (κ2) is 7.82. The van der Waals surface area contributed by atoms with Gasteiger partial charge in [-0.15, -0.1) is 0 Å². The summed E-state index contributed by atoms with van der Waals surface area (Å²) in [5, 5.41) is 6.12. The number of nitrogens with one attached hydrogen (secondary N) is 2. The van der Waals surface area contributed by atoms with E-state index in [1.165, 1.54) is 4.68 Å². The Bertz CT molecular complexity index is 1020. The second-order valence-corrected chi connectivity index (χ2v) is 6.31. The van der Waals surface area contributed by atoms with Crippen LogP contribution in [0.25, 0.3) is 10.8 Å². The molecule has 26 heavy (non-hydrogen) atoms. The Hall–Kier alpha value is -3.15. The van der Waals surface area contributed by atoms with Gasteiger partial charge >= 0.3 is 0 Å². The normalized spacial score (nSPS) is 12.0. The molecule has 3 rings (SSSR count). The van der Waals surface area contributed by atoms with E-state index in [-0.39, 0.29) is 35.9 Å². The summed E-state index contributed by atoms with van der Waals surface area (Å²) >= 11 is 0. The van der Waals surface area contributed by atoms with E-state index in [0.717, 1.165) is 5.56 Å². The highest BCUT2D eigenvalue weighted by molar-refractivity contribution is 5.80. The molecule has 0 radical (unpaired) electrons. The van der Waals surface area contributed by atoms with Crippen LogP contribution in [0.2, 0.25) is 0 Å². The van der Waals surface area contributed by atoms with Gasteiger partial charge in [0.05, 0.1) is 17.3 Å². The van der Waals surface area contributed by atoms with E-state index in [1.54, 1.807) is 24.3 Å². The molecule has 0 fully saturated rings. The number of carbonyl (C=O) groups excluding carboxylic acids is 1. The van der Waals surface area contributed by atoms with Crippen molar-refractivity contribution in [2.75, 3.05) is 6.54 Å². The quantitative estimate of drug-likeness (QED) is 0.712. The third kappa shape index (κ3) is 3.91. The van der Waals surface area contributed by atoms with E-state index < -0.39 is 0 Å². The van der Waals surface area contributed by atoms with Crippen molar-refractivity contribution in [3.05, 3.63) is 80.9 Å². The summed E-state index contributed by atoms with van der Waals surface area (Å²) in [7, 11) is 0. The average molecular weight is 351 g/mol. The fraction of sp³-hybridized carbons (Fsp3) is 0.250. The van der Waals surface area contributed by atoms with Crippen molar-refractivity contribution in [3.8, 4) is 0 Å². The largest absolute Gasteiger partial charge is 0.355 e. The van der Waals surface area contributed by atoms with Gasteiger partial charge in [0.2, 0.25) is 5.91 Å². The molecule has 6 heteroatoms. The molecular formula is C20H21N3O3. The maximum absolute atomic E-state index is 12.4. The Morgan fingerprint density at radius 1 is 1.04 bits per heavy atom. The number of hydrogen-bond donors (Lipinski definition) is 2. The molecule has 0 aliphatic heterocycles. The van der Waals surface area contributed by atoms with Crippen molar-refractivity contribution in [1.29, 1.82) is 0 Å².